The van der Waals surface area contributed by atoms with E-state index in [1.54, 1.807) is 6.07 Å². The van der Waals surface area contributed by atoms with Crippen LogP contribution in [-0.4, -0.2) is 23.4 Å². The van der Waals surface area contributed by atoms with Gasteiger partial charge in [-0.1, -0.05) is 13.0 Å². The van der Waals surface area contributed by atoms with E-state index in [0.717, 1.165) is 25.3 Å². The van der Waals surface area contributed by atoms with Gasteiger partial charge in [0.15, 0.2) is 11.6 Å². The standard InChI is InChI=1S/C15H18F2N2O/c1-9-2-4-11(6-9)19-14(20)8-18-15(19)10-3-5-12(16)13(17)7-10/h3,5,7,9,11,15,18H,2,4,6,8H2,1H3. The molecule has 1 aromatic carbocycles. The van der Waals surface area contributed by atoms with Gasteiger partial charge in [-0.3, -0.25) is 10.1 Å². The van der Waals surface area contributed by atoms with Crippen molar-refractivity contribution in [1.29, 1.82) is 0 Å². The van der Waals surface area contributed by atoms with Crippen molar-refractivity contribution < 1.29 is 13.6 Å². The molecule has 108 valence electrons. The predicted octanol–water partition coefficient (Wildman–Crippen LogP) is 2.58. The Balaban J connectivity index is 1.87. The molecule has 0 spiro atoms. The third-order valence-electron chi connectivity index (χ3n) is 4.33. The van der Waals surface area contributed by atoms with Gasteiger partial charge in [-0.2, -0.15) is 0 Å². The summed E-state index contributed by atoms with van der Waals surface area (Å²) in [5.74, 6) is -1.08. The first-order valence-corrected chi connectivity index (χ1v) is 7.05. The van der Waals surface area contributed by atoms with E-state index in [-0.39, 0.29) is 24.7 Å². The molecule has 1 N–H and O–H groups in total. The first-order valence-electron chi connectivity index (χ1n) is 7.05. The van der Waals surface area contributed by atoms with E-state index in [0.29, 0.717) is 11.5 Å². The highest BCUT2D eigenvalue weighted by Gasteiger charge is 2.39. The van der Waals surface area contributed by atoms with E-state index in [1.807, 2.05) is 4.90 Å². The highest BCUT2D eigenvalue weighted by atomic mass is 19.2. The summed E-state index contributed by atoms with van der Waals surface area (Å²) in [6, 6.07) is 4.03. The fourth-order valence-corrected chi connectivity index (χ4v) is 3.32. The van der Waals surface area contributed by atoms with E-state index >= 15 is 0 Å². The zero-order valence-electron chi connectivity index (χ0n) is 11.4. The van der Waals surface area contributed by atoms with Gasteiger partial charge in [0.2, 0.25) is 5.91 Å². The topological polar surface area (TPSA) is 32.3 Å². The van der Waals surface area contributed by atoms with Crippen molar-refractivity contribution in [3.8, 4) is 0 Å². The smallest absolute Gasteiger partial charge is 0.238 e. The van der Waals surface area contributed by atoms with Crippen molar-refractivity contribution in [2.24, 2.45) is 5.92 Å². The van der Waals surface area contributed by atoms with E-state index in [4.69, 9.17) is 0 Å². The minimum absolute atomic E-state index is 0.0406. The minimum Gasteiger partial charge on any atom is -0.319 e. The lowest BCUT2D eigenvalue weighted by molar-refractivity contribution is -0.130. The van der Waals surface area contributed by atoms with E-state index in [2.05, 4.69) is 12.2 Å². The molecule has 20 heavy (non-hydrogen) atoms. The average Bonchev–Trinajstić information content (AvgIpc) is 2.99. The molecule has 1 aliphatic heterocycles. The van der Waals surface area contributed by atoms with Crippen molar-refractivity contribution in [3.63, 3.8) is 0 Å². The number of halogens is 2. The summed E-state index contributed by atoms with van der Waals surface area (Å²) < 4.78 is 26.4. The van der Waals surface area contributed by atoms with Crippen LogP contribution in [0.3, 0.4) is 0 Å². The third kappa shape index (κ3) is 2.30. The Morgan fingerprint density at radius 3 is 2.70 bits per heavy atom. The number of nitrogens with one attached hydrogen (secondary N) is 1. The zero-order valence-corrected chi connectivity index (χ0v) is 11.4. The maximum Gasteiger partial charge on any atom is 0.238 e. The van der Waals surface area contributed by atoms with Crippen LogP contribution in [0.4, 0.5) is 8.78 Å². The SMILES string of the molecule is CC1CCC(N2C(=O)CNC2c2ccc(F)c(F)c2)C1. The summed E-state index contributed by atoms with van der Waals surface area (Å²) in [5.41, 5.74) is 0.606. The molecule has 1 saturated heterocycles. The molecule has 3 unspecified atom stereocenters. The lowest BCUT2D eigenvalue weighted by atomic mass is 10.1. The number of hydrogen-bond acceptors (Lipinski definition) is 2. The predicted molar refractivity (Wildman–Crippen MR) is 70.8 cm³/mol. The number of rotatable bonds is 2. The van der Waals surface area contributed by atoms with Gasteiger partial charge in [-0.25, -0.2) is 8.78 Å². The monoisotopic (exact) mass is 280 g/mol. The molecule has 1 amide bonds. The molecule has 5 heteroatoms. The maximum absolute atomic E-state index is 13.4. The Bertz CT molecular complexity index is 535. The first kappa shape index (κ1) is 13.5. The Morgan fingerprint density at radius 2 is 2.05 bits per heavy atom. The normalized spacial score (nSPS) is 30.2. The van der Waals surface area contributed by atoms with Crippen molar-refractivity contribution in [3.05, 3.63) is 35.4 Å². The van der Waals surface area contributed by atoms with Crippen LogP contribution in [0.5, 0.6) is 0 Å². The summed E-state index contributed by atoms with van der Waals surface area (Å²) in [6.07, 6.45) is 2.73. The van der Waals surface area contributed by atoms with Crippen LogP contribution >= 0.6 is 0 Å². The second kappa shape index (κ2) is 5.13. The van der Waals surface area contributed by atoms with Crippen LogP contribution in [0, 0.1) is 17.6 Å². The van der Waals surface area contributed by atoms with Gasteiger partial charge >= 0.3 is 0 Å². The molecule has 0 bridgehead atoms. The summed E-state index contributed by atoms with van der Waals surface area (Å²) in [5, 5.41) is 3.10. The number of carbonyl (C=O) groups excluding carboxylic acids is 1. The Kier molecular flexibility index (Phi) is 3.46. The number of amides is 1. The molecule has 3 nitrogen and oxygen atoms in total. The molecule has 1 heterocycles. The van der Waals surface area contributed by atoms with E-state index in [1.165, 1.54) is 6.07 Å². The minimum atomic E-state index is -0.872. The molecule has 1 saturated carbocycles. The van der Waals surface area contributed by atoms with Gasteiger partial charge in [-0.05, 0) is 42.9 Å². The van der Waals surface area contributed by atoms with Crippen LogP contribution in [0.15, 0.2) is 18.2 Å². The maximum atomic E-state index is 13.4. The zero-order chi connectivity index (χ0) is 14.3. The van der Waals surface area contributed by atoms with Crippen molar-refractivity contribution >= 4 is 5.91 Å². The van der Waals surface area contributed by atoms with Gasteiger partial charge in [-0.15, -0.1) is 0 Å². The Labute approximate surface area is 117 Å². The van der Waals surface area contributed by atoms with Crippen LogP contribution in [-0.2, 0) is 4.79 Å². The molecule has 3 atom stereocenters. The largest absolute Gasteiger partial charge is 0.319 e. The van der Waals surface area contributed by atoms with Crippen LogP contribution in [0.25, 0.3) is 0 Å². The number of carbonyl (C=O) groups is 1. The van der Waals surface area contributed by atoms with Crippen LogP contribution in [0.1, 0.15) is 37.9 Å². The van der Waals surface area contributed by atoms with Gasteiger partial charge in [0, 0.05) is 6.04 Å². The van der Waals surface area contributed by atoms with Crippen LogP contribution in [0.2, 0.25) is 0 Å². The van der Waals surface area contributed by atoms with Crippen LogP contribution < -0.4 is 5.32 Å². The summed E-state index contributed by atoms with van der Waals surface area (Å²) in [7, 11) is 0. The molecule has 1 aliphatic carbocycles. The second-order valence-corrected chi connectivity index (χ2v) is 5.83. The Morgan fingerprint density at radius 1 is 1.25 bits per heavy atom. The van der Waals surface area contributed by atoms with Gasteiger partial charge in [0.25, 0.3) is 0 Å². The van der Waals surface area contributed by atoms with Crippen molar-refractivity contribution in [2.75, 3.05) is 6.54 Å². The average molecular weight is 280 g/mol. The quantitative estimate of drug-likeness (QED) is 0.903. The third-order valence-corrected chi connectivity index (χ3v) is 4.33. The second-order valence-electron chi connectivity index (χ2n) is 5.83. The van der Waals surface area contributed by atoms with Crippen molar-refractivity contribution in [2.45, 2.75) is 38.4 Å². The fourth-order valence-electron chi connectivity index (χ4n) is 3.32. The molecule has 0 radical (unpaired) electrons. The summed E-state index contributed by atoms with van der Waals surface area (Å²) in [6.45, 7) is 2.44. The summed E-state index contributed by atoms with van der Waals surface area (Å²) >= 11 is 0. The molecular formula is C15H18F2N2O. The van der Waals surface area contributed by atoms with Crippen molar-refractivity contribution in [1.82, 2.24) is 10.2 Å². The summed E-state index contributed by atoms with van der Waals surface area (Å²) in [4.78, 5) is 13.9. The lowest BCUT2D eigenvalue weighted by Crippen LogP contribution is -2.38. The molecule has 3 rings (SSSR count). The lowest BCUT2D eigenvalue weighted by Gasteiger charge is -2.30. The molecule has 0 aromatic heterocycles. The van der Waals surface area contributed by atoms with Gasteiger partial charge in [0.1, 0.15) is 6.17 Å². The highest BCUT2D eigenvalue weighted by molar-refractivity contribution is 5.81. The molecule has 2 fully saturated rings. The number of hydrogen-bond donors (Lipinski definition) is 1. The first-order chi connectivity index (χ1) is 9.56. The molecular weight excluding hydrogens is 262 g/mol. The Hall–Kier alpha value is -1.49. The molecule has 2 aliphatic rings. The highest BCUT2D eigenvalue weighted by Crippen LogP contribution is 2.35. The number of benzene rings is 1. The van der Waals surface area contributed by atoms with Gasteiger partial charge in [0.05, 0.1) is 6.54 Å². The van der Waals surface area contributed by atoms with E-state index < -0.39 is 11.6 Å². The van der Waals surface area contributed by atoms with E-state index in [9.17, 15) is 13.6 Å². The fraction of sp³-hybridized carbons (Fsp3) is 0.533. The molecule has 1 aromatic rings. The van der Waals surface area contributed by atoms with Gasteiger partial charge < -0.3 is 4.90 Å². The number of nitrogens with zero attached hydrogens (tertiary/aromatic N) is 1.